The fourth-order valence-corrected chi connectivity index (χ4v) is 5.37. The van der Waals surface area contributed by atoms with Crippen LogP contribution in [0.25, 0.3) is 33.4 Å². The smallest absolute Gasteiger partial charge is 0.337 e. The van der Waals surface area contributed by atoms with Gasteiger partial charge in [-0.3, -0.25) is 9.59 Å². The number of carboxylic acid groups (broad SMARTS) is 1. The Morgan fingerprint density at radius 3 is 2.31 bits per heavy atom. The van der Waals surface area contributed by atoms with Gasteiger partial charge in [0.2, 0.25) is 5.43 Å². The lowest BCUT2D eigenvalue weighted by Crippen LogP contribution is -2.25. The van der Waals surface area contributed by atoms with E-state index in [1.54, 1.807) is 0 Å². The van der Waals surface area contributed by atoms with Gasteiger partial charge in [0.1, 0.15) is 17.1 Å². The first-order chi connectivity index (χ1) is 18.5. The highest BCUT2D eigenvalue weighted by Gasteiger charge is 2.30. The molecule has 1 heterocycles. The van der Waals surface area contributed by atoms with Gasteiger partial charge in [0.15, 0.2) is 0 Å². The quantitative estimate of drug-likeness (QED) is 0.130. The van der Waals surface area contributed by atoms with E-state index < -0.39 is 17.3 Å². The first-order valence-corrected chi connectivity index (χ1v) is 13.7. The molecule has 0 unspecified atom stereocenters. The van der Waals surface area contributed by atoms with Crippen LogP contribution < -0.4 is 10.7 Å². The molecule has 1 amide bonds. The highest BCUT2D eigenvalue weighted by molar-refractivity contribution is 6.42. The fraction of sp³-hybridized carbons (Fsp3) is 0.250. The second kappa shape index (κ2) is 12.0. The van der Waals surface area contributed by atoms with Crippen molar-refractivity contribution in [1.29, 1.82) is 0 Å². The first-order valence-electron chi connectivity index (χ1n) is 12.2. The Balaban J connectivity index is 1.99. The number of benzene rings is 3. The number of carbonyl (C=O) groups is 2. The maximum atomic E-state index is 13.2. The van der Waals surface area contributed by atoms with Crippen molar-refractivity contribution < 1.29 is 24.2 Å². The predicted octanol–water partition coefficient (Wildman–Crippen LogP) is 8.28. The molecule has 0 fully saturated rings. The van der Waals surface area contributed by atoms with Gasteiger partial charge in [0, 0.05) is 40.8 Å². The summed E-state index contributed by atoms with van der Waals surface area (Å²) in [7, 11) is 0. The lowest BCUT2D eigenvalue weighted by atomic mass is 9.89. The Bertz CT molecular complexity index is 1630. The van der Waals surface area contributed by atoms with Crippen LogP contribution in [-0.2, 0) is 0 Å². The molecule has 2 aromatic rings. The van der Waals surface area contributed by atoms with E-state index in [0.29, 0.717) is 6.54 Å². The van der Waals surface area contributed by atoms with Gasteiger partial charge in [-0.1, -0.05) is 79.0 Å². The van der Waals surface area contributed by atoms with E-state index in [0.717, 1.165) is 38.2 Å². The third-order valence-electron chi connectivity index (χ3n) is 6.33. The van der Waals surface area contributed by atoms with E-state index in [1.165, 1.54) is 24.3 Å². The average molecular weight is 611 g/mol. The zero-order valence-corrected chi connectivity index (χ0v) is 23.7. The summed E-state index contributed by atoms with van der Waals surface area (Å²) in [5.74, 6) is -2.19. The number of hydrogen-bond donors (Lipinski definition) is 3. The molecule has 204 valence electrons. The van der Waals surface area contributed by atoms with Crippen molar-refractivity contribution in [3.05, 3.63) is 71.8 Å². The van der Waals surface area contributed by atoms with E-state index in [4.69, 9.17) is 50.8 Å². The molecule has 2 aliphatic rings. The number of carboxylic acids is 1. The number of halogens is 4. The number of carbonyl (C=O) groups excluding carboxylic acids is 1. The third-order valence-corrected chi connectivity index (χ3v) is 7.62. The monoisotopic (exact) mass is 609 g/mol. The van der Waals surface area contributed by atoms with Crippen LogP contribution in [0.15, 0.2) is 39.5 Å². The molecule has 0 bridgehead atoms. The van der Waals surface area contributed by atoms with E-state index in [2.05, 4.69) is 12.2 Å². The standard InChI is InChI=1S/C28H23Cl4NO6/c1-2-3-4-5-6-7-33-27(36)15-10-18(31)24(28(37)38)25(26(15)32)23-13-8-16(29)19(34)11-21(13)39-22-12-20(35)17(30)9-14(22)23/h8-12,34H,2-7H2,1H3,(H,33,36)(H,37,38). The summed E-state index contributed by atoms with van der Waals surface area (Å²) in [6.07, 6.45) is 4.99. The Kier molecular flexibility index (Phi) is 8.96. The number of hydrogen-bond acceptors (Lipinski definition) is 5. The number of aromatic carboxylic acids is 1. The molecule has 1 aliphatic heterocycles. The number of rotatable bonds is 9. The summed E-state index contributed by atoms with van der Waals surface area (Å²) in [6, 6.07) is 6.25. The van der Waals surface area contributed by atoms with Crippen LogP contribution in [0.2, 0.25) is 20.1 Å². The summed E-state index contributed by atoms with van der Waals surface area (Å²) in [5.41, 5.74) is -0.576. The molecule has 0 spiro atoms. The number of phenolic OH excluding ortho intramolecular Hbond substituents is 1. The van der Waals surface area contributed by atoms with Crippen LogP contribution >= 0.6 is 46.4 Å². The van der Waals surface area contributed by atoms with Crippen LogP contribution in [0.1, 0.15) is 59.7 Å². The van der Waals surface area contributed by atoms with Gasteiger partial charge in [0.05, 0.1) is 31.2 Å². The lowest BCUT2D eigenvalue weighted by molar-refractivity contribution is 0.0697. The lowest BCUT2D eigenvalue weighted by Gasteiger charge is -2.20. The van der Waals surface area contributed by atoms with Gasteiger partial charge in [-0.2, -0.15) is 0 Å². The summed E-state index contributed by atoms with van der Waals surface area (Å²) >= 11 is 25.6. The number of nitrogens with one attached hydrogen (secondary N) is 1. The summed E-state index contributed by atoms with van der Waals surface area (Å²) in [4.78, 5) is 37.9. The van der Waals surface area contributed by atoms with Crippen molar-refractivity contribution >= 4 is 69.2 Å². The highest BCUT2D eigenvalue weighted by atomic mass is 35.5. The largest absolute Gasteiger partial charge is 0.506 e. The second-order valence-corrected chi connectivity index (χ2v) is 10.6. The molecule has 0 saturated heterocycles. The Hall–Kier alpha value is -2.97. The zero-order chi connectivity index (χ0) is 28.4. The topological polar surface area (TPSA) is 117 Å². The molecule has 1 aliphatic carbocycles. The van der Waals surface area contributed by atoms with Gasteiger partial charge in [-0.05, 0) is 24.6 Å². The first kappa shape index (κ1) is 29.0. The Morgan fingerprint density at radius 1 is 0.897 bits per heavy atom. The molecule has 7 nitrogen and oxygen atoms in total. The normalized spacial score (nSPS) is 11.3. The molecule has 39 heavy (non-hydrogen) atoms. The minimum atomic E-state index is -1.40. The van der Waals surface area contributed by atoms with E-state index in [1.807, 2.05) is 0 Å². The van der Waals surface area contributed by atoms with Crippen molar-refractivity contribution in [1.82, 2.24) is 5.32 Å². The fourth-order valence-electron chi connectivity index (χ4n) is 4.43. The maximum absolute atomic E-state index is 13.2. The minimum absolute atomic E-state index is 0.0336. The minimum Gasteiger partial charge on any atom is -0.506 e. The van der Waals surface area contributed by atoms with Gasteiger partial charge in [-0.15, -0.1) is 0 Å². The van der Waals surface area contributed by atoms with Crippen LogP contribution in [0.3, 0.4) is 0 Å². The SMILES string of the molecule is CCCCCCCNC(=O)c1cc(Cl)c(C(=O)O)c(-c2c3cc(Cl)c(=O)cc-3oc3cc(O)c(Cl)cc23)c1Cl. The molecule has 0 aromatic heterocycles. The summed E-state index contributed by atoms with van der Waals surface area (Å²) in [6.45, 7) is 2.52. The summed E-state index contributed by atoms with van der Waals surface area (Å²) in [5, 5.41) is 22.8. The number of fused-ring (bicyclic) bond motifs is 2. The molecular formula is C28H23Cl4NO6. The van der Waals surface area contributed by atoms with Crippen LogP contribution in [0, 0.1) is 0 Å². The van der Waals surface area contributed by atoms with E-state index >= 15 is 0 Å². The van der Waals surface area contributed by atoms with Crippen molar-refractivity contribution in [2.24, 2.45) is 0 Å². The highest BCUT2D eigenvalue weighted by Crippen LogP contribution is 2.48. The molecule has 0 saturated carbocycles. The van der Waals surface area contributed by atoms with Crippen LogP contribution in [0.5, 0.6) is 5.75 Å². The van der Waals surface area contributed by atoms with Crippen molar-refractivity contribution in [3.63, 3.8) is 0 Å². The van der Waals surface area contributed by atoms with Crippen LogP contribution in [0.4, 0.5) is 0 Å². The van der Waals surface area contributed by atoms with Crippen molar-refractivity contribution in [2.45, 2.75) is 39.0 Å². The van der Waals surface area contributed by atoms with Crippen molar-refractivity contribution in [3.8, 4) is 28.2 Å². The summed E-state index contributed by atoms with van der Waals surface area (Å²) < 4.78 is 5.84. The third kappa shape index (κ3) is 5.82. The molecular weight excluding hydrogens is 588 g/mol. The maximum Gasteiger partial charge on any atom is 0.337 e. The Labute approximate surface area is 243 Å². The van der Waals surface area contributed by atoms with Gasteiger partial charge >= 0.3 is 5.97 Å². The van der Waals surface area contributed by atoms with Crippen molar-refractivity contribution in [2.75, 3.05) is 6.54 Å². The zero-order valence-electron chi connectivity index (χ0n) is 20.7. The number of phenols is 1. The second-order valence-electron chi connectivity index (χ2n) is 9.00. The van der Waals surface area contributed by atoms with Crippen LogP contribution in [-0.4, -0.2) is 28.6 Å². The Morgan fingerprint density at radius 2 is 1.62 bits per heavy atom. The van der Waals surface area contributed by atoms with E-state index in [9.17, 15) is 24.6 Å². The van der Waals surface area contributed by atoms with Gasteiger partial charge in [-0.25, -0.2) is 4.79 Å². The number of amides is 1. The molecule has 3 N–H and O–H groups in total. The number of unbranched alkanes of at least 4 members (excludes halogenated alkanes) is 4. The van der Waals surface area contributed by atoms with Gasteiger partial charge < -0.3 is 19.9 Å². The van der Waals surface area contributed by atoms with E-state index in [-0.39, 0.29) is 70.4 Å². The predicted molar refractivity (Wildman–Crippen MR) is 154 cm³/mol. The molecule has 4 rings (SSSR count). The number of aromatic hydroxyl groups is 1. The molecule has 0 atom stereocenters. The molecule has 2 aromatic carbocycles. The average Bonchev–Trinajstić information content (AvgIpc) is 2.87. The van der Waals surface area contributed by atoms with Gasteiger partial charge in [0.25, 0.3) is 5.91 Å². The molecule has 0 radical (unpaired) electrons. The molecule has 11 heteroatoms.